The van der Waals surface area contributed by atoms with Gasteiger partial charge in [-0.2, -0.15) is 0 Å². The summed E-state index contributed by atoms with van der Waals surface area (Å²) in [5, 5.41) is 0. The molecule has 0 N–H and O–H groups in total. The highest BCUT2D eigenvalue weighted by Gasteiger charge is 2.17. The summed E-state index contributed by atoms with van der Waals surface area (Å²) in [5.41, 5.74) is 1.17. The van der Waals surface area contributed by atoms with Crippen molar-refractivity contribution in [2.75, 3.05) is 21.3 Å². The van der Waals surface area contributed by atoms with Crippen LogP contribution in [-0.4, -0.2) is 38.1 Å². The monoisotopic (exact) mass is 263 g/mol. The SMILES string of the molecule is COC(=O)/C=C(/C(=O)OC)N(C)Cc1ccccc1. The lowest BCUT2D eigenvalue weighted by atomic mass is 10.2. The summed E-state index contributed by atoms with van der Waals surface area (Å²) >= 11 is 0. The molecule has 0 aliphatic rings. The molecule has 0 amide bonds. The molecule has 1 aromatic rings. The standard InChI is InChI=1S/C14H17NO4/c1-15(10-11-7-5-4-6-8-11)12(14(17)19-3)9-13(16)18-2/h4-9H,10H2,1-3H3/b12-9-. The summed E-state index contributed by atoms with van der Waals surface area (Å²) in [6.45, 7) is 0.485. The summed E-state index contributed by atoms with van der Waals surface area (Å²) in [4.78, 5) is 24.6. The fourth-order valence-electron chi connectivity index (χ4n) is 1.54. The average molecular weight is 263 g/mol. The number of benzene rings is 1. The minimum atomic E-state index is -0.597. The number of methoxy groups -OCH3 is 2. The van der Waals surface area contributed by atoms with E-state index >= 15 is 0 Å². The topological polar surface area (TPSA) is 55.8 Å². The summed E-state index contributed by atoms with van der Waals surface area (Å²) in [7, 11) is 4.23. The van der Waals surface area contributed by atoms with Gasteiger partial charge in [-0.05, 0) is 5.56 Å². The lowest BCUT2D eigenvalue weighted by Crippen LogP contribution is -2.25. The number of carbonyl (C=O) groups is 2. The van der Waals surface area contributed by atoms with Gasteiger partial charge in [0.15, 0.2) is 0 Å². The number of carbonyl (C=O) groups excluding carboxylic acids is 2. The van der Waals surface area contributed by atoms with Crippen LogP contribution in [0.1, 0.15) is 5.56 Å². The molecule has 0 fully saturated rings. The van der Waals surface area contributed by atoms with Gasteiger partial charge < -0.3 is 14.4 Å². The van der Waals surface area contributed by atoms with Gasteiger partial charge in [0.2, 0.25) is 0 Å². The van der Waals surface area contributed by atoms with E-state index in [1.54, 1.807) is 11.9 Å². The summed E-state index contributed by atoms with van der Waals surface area (Å²) < 4.78 is 9.19. The molecule has 19 heavy (non-hydrogen) atoms. The second kappa shape index (κ2) is 7.20. The Hall–Kier alpha value is -2.30. The van der Waals surface area contributed by atoms with E-state index in [9.17, 15) is 9.59 Å². The zero-order valence-electron chi connectivity index (χ0n) is 11.3. The third kappa shape index (κ3) is 4.46. The van der Waals surface area contributed by atoms with E-state index in [1.165, 1.54) is 14.2 Å². The maximum absolute atomic E-state index is 11.7. The molecule has 0 aromatic heterocycles. The molecule has 0 aliphatic heterocycles. The third-order valence-corrected chi connectivity index (χ3v) is 2.52. The van der Waals surface area contributed by atoms with Gasteiger partial charge in [0.05, 0.1) is 20.3 Å². The van der Waals surface area contributed by atoms with Crippen molar-refractivity contribution in [3.05, 3.63) is 47.7 Å². The summed E-state index contributed by atoms with van der Waals surface area (Å²) in [6, 6.07) is 9.60. The van der Waals surface area contributed by atoms with Gasteiger partial charge in [0.1, 0.15) is 5.70 Å². The molecule has 5 nitrogen and oxygen atoms in total. The minimum Gasteiger partial charge on any atom is -0.466 e. The first kappa shape index (κ1) is 14.8. The number of hydrogen-bond acceptors (Lipinski definition) is 5. The Morgan fingerprint density at radius 3 is 2.32 bits per heavy atom. The lowest BCUT2D eigenvalue weighted by Gasteiger charge is -2.20. The first-order valence-corrected chi connectivity index (χ1v) is 5.71. The molecule has 1 aromatic carbocycles. The van der Waals surface area contributed by atoms with E-state index in [-0.39, 0.29) is 5.70 Å². The van der Waals surface area contributed by atoms with Crippen molar-refractivity contribution >= 4 is 11.9 Å². The van der Waals surface area contributed by atoms with E-state index in [2.05, 4.69) is 9.47 Å². The quantitative estimate of drug-likeness (QED) is 0.593. The number of likely N-dealkylation sites (N-methyl/N-ethyl adjacent to an activating group) is 1. The van der Waals surface area contributed by atoms with Crippen molar-refractivity contribution in [2.24, 2.45) is 0 Å². The highest BCUT2D eigenvalue weighted by Crippen LogP contribution is 2.10. The van der Waals surface area contributed by atoms with Crippen LogP contribution >= 0.6 is 0 Å². The van der Waals surface area contributed by atoms with Crippen LogP contribution in [0.2, 0.25) is 0 Å². The van der Waals surface area contributed by atoms with Crippen molar-refractivity contribution in [1.82, 2.24) is 4.90 Å². The van der Waals surface area contributed by atoms with Gasteiger partial charge in [0.25, 0.3) is 0 Å². The fourth-order valence-corrected chi connectivity index (χ4v) is 1.54. The Bertz CT molecular complexity index is 468. The van der Waals surface area contributed by atoms with E-state index in [0.717, 1.165) is 11.6 Å². The second-order valence-corrected chi connectivity index (χ2v) is 3.89. The van der Waals surface area contributed by atoms with E-state index in [1.807, 2.05) is 30.3 Å². The number of esters is 2. The van der Waals surface area contributed by atoms with Crippen molar-refractivity contribution in [1.29, 1.82) is 0 Å². The van der Waals surface area contributed by atoms with Gasteiger partial charge in [-0.25, -0.2) is 9.59 Å². The molecule has 0 spiro atoms. The zero-order valence-corrected chi connectivity index (χ0v) is 11.3. The molecule has 0 radical (unpaired) electrons. The van der Waals surface area contributed by atoms with Crippen LogP contribution in [0.25, 0.3) is 0 Å². The molecule has 0 saturated carbocycles. The normalized spacial score (nSPS) is 10.8. The molecule has 0 unspecified atom stereocenters. The van der Waals surface area contributed by atoms with Crippen LogP contribution in [0.3, 0.4) is 0 Å². The predicted molar refractivity (Wildman–Crippen MR) is 70.0 cm³/mol. The molecule has 0 aliphatic carbocycles. The van der Waals surface area contributed by atoms with Gasteiger partial charge in [-0.15, -0.1) is 0 Å². The number of ether oxygens (including phenoxy) is 2. The maximum Gasteiger partial charge on any atom is 0.354 e. The Balaban J connectivity index is 2.89. The van der Waals surface area contributed by atoms with Crippen LogP contribution in [0, 0.1) is 0 Å². The largest absolute Gasteiger partial charge is 0.466 e. The smallest absolute Gasteiger partial charge is 0.354 e. The first-order valence-electron chi connectivity index (χ1n) is 5.71. The van der Waals surface area contributed by atoms with Crippen LogP contribution in [0.5, 0.6) is 0 Å². The first-order chi connectivity index (χ1) is 9.08. The Kier molecular flexibility index (Phi) is 5.60. The zero-order chi connectivity index (χ0) is 14.3. The Labute approximate surface area is 112 Å². The molecule has 0 atom stereocenters. The highest BCUT2D eigenvalue weighted by molar-refractivity contribution is 5.95. The molecule has 102 valence electrons. The molecule has 0 bridgehead atoms. The van der Waals surface area contributed by atoms with E-state index < -0.39 is 11.9 Å². The Morgan fingerprint density at radius 1 is 1.16 bits per heavy atom. The number of nitrogens with zero attached hydrogens (tertiary/aromatic N) is 1. The van der Waals surface area contributed by atoms with Crippen molar-refractivity contribution in [3.8, 4) is 0 Å². The highest BCUT2D eigenvalue weighted by atomic mass is 16.5. The molecule has 1 rings (SSSR count). The van der Waals surface area contributed by atoms with Crippen molar-refractivity contribution in [2.45, 2.75) is 6.54 Å². The average Bonchev–Trinajstić information content (AvgIpc) is 2.44. The molecular formula is C14H17NO4. The maximum atomic E-state index is 11.7. The van der Waals surface area contributed by atoms with Crippen LogP contribution in [-0.2, 0) is 25.6 Å². The number of rotatable bonds is 5. The summed E-state index contributed by atoms with van der Waals surface area (Å²) in [6.07, 6.45) is 1.12. The van der Waals surface area contributed by atoms with Crippen molar-refractivity contribution in [3.63, 3.8) is 0 Å². The predicted octanol–water partition coefficient (Wildman–Crippen LogP) is 1.35. The molecule has 0 heterocycles. The third-order valence-electron chi connectivity index (χ3n) is 2.52. The van der Waals surface area contributed by atoms with Crippen LogP contribution < -0.4 is 0 Å². The fraction of sp³-hybridized carbons (Fsp3) is 0.286. The lowest BCUT2D eigenvalue weighted by molar-refractivity contribution is -0.140. The minimum absolute atomic E-state index is 0.151. The van der Waals surface area contributed by atoms with Crippen LogP contribution in [0.4, 0.5) is 0 Å². The van der Waals surface area contributed by atoms with Gasteiger partial charge in [-0.3, -0.25) is 0 Å². The van der Waals surface area contributed by atoms with Gasteiger partial charge in [0, 0.05) is 13.6 Å². The molecule has 5 heteroatoms. The summed E-state index contributed by atoms with van der Waals surface area (Å²) in [5.74, 6) is -1.18. The molecular weight excluding hydrogens is 246 g/mol. The van der Waals surface area contributed by atoms with E-state index in [4.69, 9.17) is 0 Å². The molecule has 0 saturated heterocycles. The van der Waals surface area contributed by atoms with Crippen molar-refractivity contribution < 1.29 is 19.1 Å². The second-order valence-electron chi connectivity index (χ2n) is 3.89. The van der Waals surface area contributed by atoms with Crippen LogP contribution in [0.15, 0.2) is 42.1 Å². The Morgan fingerprint density at radius 2 is 1.79 bits per heavy atom. The number of hydrogen-bond donors (Lipinski definition) is 0. The van der Waals surface area contributed by atoms with E-state index in [0.29, 0.717) is 6.54 Å². The van der Waals surface area contributed by atoms with Gasteiger partial charge in [-0.1, -0.05) is 30.3 Å². The van der Waals surface area contributed by atoms with Gasteiger partial charge >= 0.3 is 11.9 Å².